The molecule has 1 fully saturated rings. The number of benzene rings is 2. The number of nitrogens with zero attached hydrogens (tertiary/aromatic N) is 1. The molecule has 32 heavy (non-hydrogen) atoms. The highest BCUT2D eigenvalue weighted by Crippen LogP contribution is 2.22. The minimum absolute atomic E-state index is 0.206. The van der Waals surface area contributed by atoms with Gasteiger partial charge in [0, 0.05) is 6.54 Å². The van der Waals surface area contributed by atoms with Gasteiger partial charge < -0.3 is 9.47 Å². The number of methoxy groups -OCH3 is 1. The van der Waals surface area contributed by atoms with Crippen LogP contribution in [0, 0.1) is 5.92 Å². The molecule has 0 bridgehead atoms. The molecule has 0 saturated carbocycles. The molecule has 1 aliphatic rings. The maximum absolute atomic E-state index is 13.3. The summed E-state index contributed by atoms with van der Waals surface area (Å²) in [4.78, 5) is 32.6. The first-order valence-corrected chi connectivity index (χ1v) is 11.1. The van der Waals surface area contributed by atoms with Crippen LogP contribution in [0.5, 0.6) is 5.75 Å². The zero-order chi connectivity index (χ0) is 22.8. The number of hydroxylamine groups is 1. The van der Waals surface area contributed by atoms with Crippen molar-refractivity contribution in [3.05, 3.63) is 65.7 Å². The lowest BCUT2D eigenvalue weighted by Gasteiger charge is -2.25. The van der Waals surface area contributed by atoms with E-state index in [1.54, 1.807) is 7.11 Å². The lowest BCUT2D eigenvalue weighted by atomic mass is 9.99. The number of imide groups is 1. The Morgan fingerprint density at radius 3 is 2.59 bits per heavy atom. The van der Waals surface area contributed by atoms with E-state index in [0.717, 1.165) is 29.7 Å². The van der Waals surface area contributed by atoms with E-state index in [2.05, 4.69) is 12.4 Å². The lowest BCUT2D eigenvalue weighted by Crippen LogP contribution is -2.46. The van der Waals surface area contributed by atoms with Crippen molar-refractivity contribution in [1.29, 1.82) is 0 Å². The lowest BCUT2D eigenvalue weighted by molar-refractivity contribution is -0.134. The quantitative estimate of drug-likeness (QED) is 0.395. The molecule has 0 aliphatic carbocycles. The minimum atomic E-state index is -0.559. The third-order valence-corrected chi connectivity index (χ3v) is 5.60. The second kappa shape index (κ2) is 12.2. The number of rotatable bonds is 12. The average molecular weight is 441 g/mol. The Balaban J connectivity index is 1.57. The summed E-state index contributed by atoms with van der Waals surface area (Å²) in [5.74, 6) is 0.215. The molecule has 7 nitrogen and oxygen atoms in total. The Morgan fingerprint density at radius 2 is 1.91 bits per heavy atom. The van der Waals surface area contributed by atoms with Crippen LogP contribution in [0.25, 0.3) is 0 Å². The predicted molar refractivity (Wildman–Crippen MR) is 121 cm³/mol. The highest BCUT2D eigenvalue weighted by atomic mass is 16.6. The second-order valence-electron chi connectivity index (χ2n) is 7.95. The van der Waals surface area contributed by atoms with Crippen molar-refractivity contribution >= 4 is 12.0 Å². The van der Waals surface area contributed by atoms with Crippen LogP contribution in [0.15, 0.2) is 54.6 Å². The van der Waals surface area contributed by atoms with E-state index in [1.165, 1.54) is 4.90 Å². The molecule has 2 aromatic rings. The van der Waals surface area contributed by atoms with Crippen LogP contribution >= 0.6 is 0 Å². The number of carbonyl (C=O) groups is 2. The van der Waals surface area contributed by atoms with Crippen molar-refractivity contribution in [3.8, 4) is 5.75 Å². The third kappa shape index (κ3) is 6.55. The van der Waals surface area contributed by atoms with Crippen LogP contribution in [0.3, 0.4) is 0 Å². The van der Waals surface area contributed by atoms with Crippen molar-refractivity contribution in [3.63, 3.8) is 0 Å². The van der Waals surface area contributed by atoms with E-state index in [9.17, 15) is 9.59 Å². The number of cyclic esters (lactones) is 1. The van der Waals surface area contributed by atoms with Gasteiger partial charge in [-0.1, -0.05) is 62.2 Å². The third-order valence-electron chi connectivity index (χ3n) is 5.60. The standard InChI is InChI=1S/C25H32N2O5/c1-3-4-10-21(16-26-32-17-20-11-13-23(30-2)14-12-20)24(28)27-22(18-31-25(27)29)15-19-8-6-5-7-9-19/h5-9,11-14,21-22,26H,3-4,10,15-18H2,1-2H3/t21-,22+/m1/s1. The molecule has 2 aromatic carbocycles. The van der Waals surface area contributed by atoms with Crippen LogP contribution in [0.1, 0.15) is 37.3 Å². The van der Waals surface area contributed by atoms with Gasteiger partial charge in [0.15, 0.2) is 0 Å². The zero-order valence-electron chi connectivity index (χ0n) is 18.8. The predicted octanol–water partition coefficient (Wildman–Crippen LogP) is 4.11. The van der Waals surface area contributed by atoms with Crippen LogP contribution in [0.2, 0.25) is 0 Å². The van der Waals surface area contributed by atoms with Crippen LogP contribution in [-0.2, 0) is 27.4 Å². The number of nitrogens with one attached hydrogen (secondary N) is 1. The topological polar surface area (TPSA) is 77.1 Å². The fourth-order valence-corrected chi connectivity index (χ4v) is 3.74. The summed E-state index contributed by atoms with van der Waals surface area (Å²) >= 11 is 0. The molecule has 1 aliphatic heterocycles. The molecule has 0 spiro atoms. The van der Waals surface area contributed by atoms with Crippen molar-refractivity contribution in [2.24, 2.45) is 5.92 Å². The SMILES string of the molecule is CCCC[C@H](CNOCc1ccc(OC)cc1)C(=O)N1C(=O)OC[C@@H]1Cc1ccccc1. The summed E-state index contributed by atoms with van der Waals surface area (Å²) in [5, 5.41) is 0. The number of unbranched alkanes of at least 4 members (excludes halogenated alkanes) is 1. The van der Waals surface area contributed by atoms with Crippen LogP contribution in [-0.4, -0.2) is 43.2 Å². The van der Waals surface area contributed by atoms with E-state index >= 15 is 0 Å². The molecule has 0 unspecified atom stereocenters. The maximum Gasteiger partial charge on any atom is 0.416 e. The summed E-state index contributed by atoms with van der Waals surface area (Å²) in [5.41, 5.74) is 4.98. The number of ether oxygens (including phenoxy) is 2. The fraction of sp³-hybridized carbons (Fsp3) is 0.440. The molecule has 1 heterocycles. The van der Waals surface area contributed by atoms with Crippen LogP contribution < -0.4 is 10.2 Å². The van der Waals surface area contributed by atoms with E-state index in [-0.39, 0.29) is 24.5 Å². The Hall–Kier alpha value is -2.90. The smallest absolute Gasteiger partial charge is 0.416 e. The molecular weight excluding hydrogens is 408 g/mol. The number of hydrogen-bond acceptors (Lipinski definition) is 6. The highest BCUT2D eigenvalue weighted by molar-refractivity contribution is 5.95. The van der Waals surface area contributed by atoms with Gasteiger partial charge in [-0.3, -0.25) is 9.63 Å². The van der Waals surface area contributed by atoms with Crippen LogP contribution in [0.4, 0.5) is 4.79 Å². The molecule has 0 aromatic heterocycles. The summed E-state index contributed by atoms with van der Waals surface area (Å²) in [6.07, 6.45) is 2.56. The van der Waals surface area contributed by atoms with Gasteiger partial charge in [-0.05, 0) is 36.1 Å². The van der Waals surface area contributed by atoms with Gasteiger partial charge in [0.05, 0.1) is 25.7 Å². The van der Waals surface area contributed by atoms with E-state index in [4.69, 9.17) is 14.3 Å². The van der Waals surface area contributed by atoms with E-state index < -0.39 is 6.09 Å². The molecule has 2 amide bonds. The highest BCUT2D eigenvalue weighted by Gasteiger charge is 2.40. The Bertz CT molecular complexity index is 856. The Kier molecular flexibility index (Phi) is 9.07. The molecule has 3 rings (SSSR count). The second-order valence-corrected chi connectivity index (χ2v) is 7.95. The first kappa shape index (κ1) is 23.8. The molecule has 7 heteroatoms. The fourth-order valence-electron chi connectivity index (χ4n) is 3.74. The minimum Gasteiger partial charge on any atom is -0.497 e. The van der Waals surface area contributed by atoms with E-state index in [0.29, 0.717) is 26.0 Å². The summed E-state index contributed by atoms with van der Waals surface area (Å²) in [6, 6.07) is 17.1. The van der Waals surface area contributed by atoms with Gasteiger partial charge in [-0.25, -0.2) is 15.2 Å². The van der Waals surface area contributed by atoms with Gasteiger partial charge >= 0.3 is 6.09 Å². The summed E-state index contributed by atoms with van der Waals surface area (Å²) < 4.78 is 10.4. The molecular formula is C25H32N2O5. The van der Waals surface area contributed by atoms with Gasteiger partial charge in [0.25, 0.3) is 0 Å². The van der Waals surface area contributed by atoms with Gasteiger partial charge in [0.1, 0.15) is 12.4 Å². The van der Waals surface area contributed by atoms with Gasteiger partial charge in [-0.15, -0.1) is 0 Å². The normalized spacial score (nSPS) is 16.6. The Morgan fingerprint density at radius 1 is 1.16 bits per heavy atom. The molecule has 172 valence electrons. The Labute approximate surface area is 189 Å². The van der Waals surface area contributed by atoms with Crippen molar-refractivity contribution in [2.45, 2.75) is 45.3 Å². The molecule has 1 N–H and O–H groups in total. The van der Waals surface area contributed by atoms with Crippen molar-refractivity contribution in [1.82, 2.24) is 10.4 Å². The number of carbonyl (C=O) groups excluding carboxylic acids is 2. The largest absolute Gasteiger partial charge is 0.497 e. The number of amides is 2. The number of hydrogen-bond donors (Lipinski definition) is 1. The van der Waals surface area contributed by atoms with Gasteiger partial charge in [0.2, 0.25) is 5.91 Å². The van der Waals surface area contributed by atoms with Crippen molar-refractivity contribution < 1.29 is 23.9 Å². The first-order chi connectivity index (χ1) is 15.6. The van der Waals surface area contributed by atoms with Crippen molar-refractivity contribution in [2.75, 3.05) is 20.3 Å². The van der Waals surface area contributed by atoms with Gasteiger partial charge in [-0.2, -0.15) is 0 Å². The summed E-state index contributed by atoms with van der Waals surface area (Å²) in [7, 11) is 1.63. The first-order valence-electron chi connectivity index (χ1n) is 11.1. The van der Waals surface area contributed by atoms with E-state index in [1.807, 2.05) is 54.6 Å². The summed E-state index contributed by atoms with van der Waals surface area (Å²) in [6.45, 7) is 3.00. The monoisotopic (exact) mass is 440 g/mol. The maximum atomic E-state index is 13.3. The average Bonchev–Trinajstić information content (AvgIpc) is 3.19. The molecule has 2 atom stereocenters. The zero-order valence-corrected chi connectivity index (χ0v) is 18.8. The molecule has 1 saturated heterocycles. The molecule has 0 radical (unpaired) electrons.